The number of likely N-dealkylation sites (tertiary alicyclic amines) is 1. The lowest BCUT2D eigenvalue weighted by molar-refractivity contribution is -0.142. The molecule has 0 unspecified atom stereocenters. The van der Waals surface area contributed by atoms with E-state index >= 15 is 0 Å². The quantitative estimate of drug-likeness (QED) is 0.779. The van der Waals surface area contributed by atoms with Crippen molar-refractivity contribution in [3.63, 3.8) is 0 Å². The number of hydrogen-bond donors (Lipinski definition) is 0. The van der Waals surface area contributed by atoms with Gasteiger partial charge < -0.3 is 9.80 Å². The summed E-state index contributed by atoms with van der Waals surface area (Å²) in [6, 6.07) is 0. The van der Waals surface area contributed by atoms with E-state index in [9.17, 15) is 9.59 Å². The third-order valence-corrected chi connectivity index (χ3v) is 5.76. The molecule has 0 aromatic carbocycles. The van der Waals surface area contributed by atoms with Crippen LogP contribution in [0.4, 0.5) is 0 Å². The van der Waals surface area contributed by atoms with E-state index in [1.807, 2.05) is 19.0 Å². The molecule has 2 amide bonds. The molecule has 0 radical (unpaired) electrons. The summed E-state index contributed by atoms with van der Waals surface area (Å²) in [5, 5.41) is 0. The van der Waals surface area contributed by atoms with Gasteiger partial charge in [-0.1, -0.05) is 26.2 Å². The van der Waals surface area contributed by atoms with Gasteiger partial charge >= 0.3 is 0 Å². The molecule has 0 aromatic rings. The predicted octanol–water partition coefficient (Wildman–Crippen LogP) is 3.31. The normalized spacial score (nSPS) is 26.1. The second-order valence-corrected chi connectivity index (χ2v) is 7.69. The van der Waals surface area contributed by atoms with Crippen LogP contribution in [0.3, 0.4) is 0 Å². The van der Waals surface area contributed by atoms with Crippen molar-refractivity contribution in [2.24, 2.45) is 17.8 Å². The van der Waals surface area contributed by atoms with E-state index in [4.69, 9.17) is 0 Å². The lowest BCUT2D eigenvalue weighted by Gasteiger charge is -2.36. The standard InChI is InChI=1S/C19H34N2O2/c1-4-5-6-15-7-9-16(10-8-15)19(23)21-13-11-17(12-14-21)18(22)20(2)3/h15-17H,4-14H2,1-3H3. The van der Waals surface area contributed by atoms with E-state index < -0.39 is 0 Å². The Morgan fingerprint density at radius 2 is 1.57 bits per heavy atom. The number of unbranched alkanes of at least 4 members (excludes halogenated alkanes) is 1. The van der Waals surface area contributed by atoms with Gasteiger partial charge in [0.2, 0.25) is 11.8 Å². The molecule has 1 aliphatic heterocycles. The van der Waals surface area contributed by atoms with E-state index in [1.165, 1.54) is 32.1 Å². The fraction of sp³-hybridized carbons (Fsp3) is 0.895. The summed E-state index contributed by atoms with van der Waals surface area (Å²) >= 11 is 0. The van der Waals surface area contributed by atoms with E-state index in [0.29, 0.717) is 5.91 Å². The van der Waals surface area contributed by atoms with Crippen LogP contribution in [-0.2, 0) is 9.59 Å². The fourth-order valence-corrected chi connectivity index (χ4v) is 4.16. The highest BCUT2D eigenvalue weighted by molar-refractivity contribution is 5.81. The molecule has 1 saturated carbocycles. The molecule has 23 heavy (non-hydrogen) atoms. The number of piperidine rings is 1. The van der Waals surface area contributed by atoms with E-state index in [2.05, 4.69) is 6.92 Å². The van der Waals surface area contributed by atoms with Crippen molar-refractivity contribution < 1.29 is 9.59 Å². The van der Waals surface area contributed by atoms with E-state index in [0.717, 1.165) is 44.7 Å². The molecule has 0 spiro atoms. The molecule has 2 aliphatic rings. The van der Waals surface area contributed by atoms with Gasteiger partial charge in [-0.05, 0) is 44.4 Å². The molecule has 0 atom stereocenters. The predicted molar refractivity (Wildman–Crippen MR) is 93.0 cm³/mol. The van der Waals surface area contributed by atoms with Gasteiger partial charge in [-0.3, -0.25) is 9.59 Å². The van der Waals surface area contributed by atoms with E-state index in [1.54, 1.807) is 4.90 Å². The van der Waals surface area contributed by atoms with Crippen LogP contribution < -0.4 is 0 Å². The van der Waals surface area contributed by atoms with Crippen LogP contribution in [0, 0.1) is 17.8 Å². The van der Waals surface area contributed by atoms with Crippen molar-refractivity contribution in [1.29, 1.82) is 0 Å². The highest BCUT2D eigenvalue weighted by Gasteiger charge is 2.33. The first kappa shape index (κ1) is 18.3. The van der Waals surface area contributed by atoms with Crippen molar-refractivity contribution in [3.8, 4) is 0 Å². The summed E-state index contributed by atoms with van der Waals surface area (Å²) in [6.07, 6.45) is 10.2. The number of hydrogen-bond acceptors (Lipinski definition) is 2. The van der Waals surface area contributed by atoms with Crippen LogP contribution in [0.5, 0.6) is 0 Å². The molecule has 0 bridgehead atoms. The maximum absolute atomic E-state index is 12.7. The van der Waals surface area contributed by atoms with Gasteiger partial charge in [-0.15, -0.1) is 0 Å². The molecule has 4 nitrogen and oxygen atoms in total. The minimum Gasteiger partial charge on any atom is -0.349 e. The zero-order valence-corrected chi connectivity index (χ0v) is 15.2. The Kier molecular flexibility index (Phi) is 6.91. The van der Waals surface area contributed by atoms with Crippen LogP contribution in [0.1, 0.15) is 64.7 Å². The molecule has 2 rings (SSSR count). The van der Waals surface area contributed by atoms with Gasteiger partial charge in [-0.25, -0.2) is 0 Å². The molecule has 1 aliphatic carbocycles. The molecular weight excluding hydrogens is 288 g/mol. The van der Waals surface area contributed by atoms with Crippen LogP contribution in [0.25, 0.3) is 0 Å². The zero-order chi connectivity index (χ0) is 16.8. The average molecular weight is 322 g/mol. The molecule has 4 heteroatoms. The van der Waals surface area contributed by atoms with Gasteiger partial charge in [-0.2, -0.15) is 0 Å². The number of rotatable bonds is 5. The average Bonchev–Trinajstić information content (AvgIpc) is 2.59. The van der Waals surface area contributed by atoms with Crippen LogP contribution >= 0.6 is 0 Å². The Bertz CT molecular complexity index is 392. The lowest BCUT2D eigenvalue weighted by atomic mass is 9.79. The minimum absolute atomic E-state index is 0.110. The summed E-state index contributed by atoms with van der Waals surface area (Å²) in [5.41, 5.74) is 0. The van der Waals surface area contributed by atoms with Crippen molar-refractivity contribution in [1.82, 2.24) is 9.80 Å². The summed E-state index contributed by atoms with van der Waals surface area (Å²) in [5.74, 6) is 1.78. The Morgan fingerprint density at radius 3 is 2.09 bits per heavy atom. The summed E-state index contributed by atoms with van der Waals surface area (Å²) in [4.78, 5) is 28.4. The Balaban J connectivity index is 1.74. The van der Waals surface area contributed by atoms with Crippen molar-refractivity contribution in [2.75, 3.05) is 27.2 Å². The molecule has 132 valence electrons. The Morgan fingerprint density at radius 1 is 0.957 bits per heavy atom. The molecule has 1 saturated heterocycles. The number of carbonyl (C=O) groups is 2. The molecular formula is C19H34N2O2. The van der Waals surface area contributed by atoms with Crippen molar-refractivity contribution >= 4 is 11.8 Å². The molecule has 0 aromatic heterocycles. The SMILES string of the molecule is CCCCC1CCC(C(=O)N2CCC(C(=O)N(C)C)CC2)CC1. The molecule has 2 fully saturated rings. The summed E-state index contributed by atoms with van der Waals surface area (Å²) in [6.45, 7) is 3.78. The summed E-state index contributed by atoms with van der Waals surface area (Å²) < 4.78 is 0. The second-order valence-electron chi connectivity index (χ2n) is 7.69. The maximum atomic E-state index is 12.7. The topological polar surface area (TPSA) is 40.6 Å². The zero-order valence-electron chi connectivity index (χ0n) is 15.2. The monoisotopic (exact) mass is 322 g/mol. The van der Waals surface area contributed by atoms with Crippen molar-refractivity contribution in [3.05, 3.63) is 0 Å². The van der Waals surface area contributed by atoms with Crippen LogP contribution in [0.15, 0.2) is 0 Å². The van der Waals surface area contributed by atoms with Crippen molar-refractivity contribution in [2.45, 2.75) is 64.7 Å². The third-order valence-electron chi connectivity index (χ3n) is 5.76. The first-order chi connectivity index (χ1) is 11.0. The first-order valence-corrected chi connectivity index (χ1v) is 9.52. The third kappa shape index (κ3) is 4.95. The second kappa shape index (κ2) is 8.70. The number of carbonyl (C=O) groups excluding carboxylic acids is 2. The van der Waals surface area contributed by atoms with Crippen LogP contribution in [0.2, 0.25) is 0 Å². The smallest absolute Gasteiger partial charge is 0.225 e. The van der Waals surface area contributed by atoms with Gasteiger partial charge in [0.25, 0.3) is 0 Å². The minimum atomic E-state index is 0.110. The van der Waals surface area contributed by atoms with E-state index in [-0.39, 0.29) is 17.7 Å². The summed E-state index contributed by atoms with van der Waals surface area (Å²) in [7, 11) is 3.63. The Labute approximate surface area is 141 Å². The van der Waals surface area contributed by atoms with Gasteiger partial charge in [0.05, 0.1) is 0 Å². The molecule has 1 heterocycles. The number of nitrogens with zero attached hydrogens (tertiary/aromatic N) is 2. The van der Waals surface area contributed by atoms with Gasteiger partial charge in [0.15, 0.2) is 0 Å². The van der Waals surface area contributed by atoms with Crippen LogP contribution in [-0.4, -0.2) is 48.8 Å². The number of amides is 2. The lowest BCUT2D eigenvalue weighted by Crippen LogP contribution is -2.45. The Hall–Kier alpha value is -1.06. The largest absolute Gasteiger partial charge is 0.349 e. The highest BCUT2D eigenvalue weighted by Crippen LogP contribution is 2.33. The van der Waals surface area contributed by atoms with Gasteiger partial charge in [0, 0.05) is 39.0 Å². The van der Waals surface area contributed by atoms with Gasteiger partial charge in [0.1, 0.15) is 0 Å². The first-order valence-electron chi connectivity index (χ1n) is 9.52. The fourth-order valence-electron chi connectivity index (χ4n) is 4.16. The highest BCUT2D eigenvalue weighted by atomic mass is 16.2. The molecule has 0 N–H and O–H groups in total. The maximum Gasteiger partial charge on any atom is 0.225 e.